The van der Waals surface area contributed by atoms with Crippen LogP contribution in [0.3, 0.4) is 0 Å². The molecule has 0 bridgehead atoms. The van der Waals surface area contributed by atoms with Crippen molar-refractivity contribution in [2.24, 2.45) is 0 Å². The monoisotopic (exact) mass is 474 g/mol. The summed E-state index contributed by atoms with van der Waals surface area (Å²) in [6, 6.07) is 14.1. The Balaban J connectivity index is 1.77. The van der Waals surface area contributed by atoms with E-state index in [1.807, 2.05) is 31.2 Å². The summed E-state index contributed by atoms with van der Waals surface area (Å²) >= 11 is 6.48. The number of aromatic nitrogens is 2. The average molecular weight is 475 g/mol. The van der Waals surface area contributed by atoms with E-state index in [9.17, 15) is 13.2 Å². The molecule has 0 radical (unpaired) electrons. The molecule has 3 rings (SSSR count). The molecule has 0 fully saturated rings. The number of halogens is 1. The molecule has 1 aromatic heterocycles. The SMILES string of the molecule is CCN(CC)S(=O)(=O)c1ccc(NC(=O)c2c(C)nn(Cc3ccc(C)cc3)c2Cl)cc1. The summed E-state index contributed by atoms with van der Waals surface area (Å²) in [6.45, 7) is 8.56. The summed E-state index contributed by atoms with van der Waals surface area (Å²) < 4.78 is 28.2. The summed E-state index contributed by atoms with van der Waals surface area (Å²) in [5, 5.41) is 7.44. The number of rotatable bonds is 8. The van der Waals surface area contributed by atoms with Crippen LogP contribution in [0.25, 0.3) is 0 Å². The zero-order valence-corrected chi connectivity index (χ0v) is 20.2. The van der Waals surface area contributed by atoms with E-state index < -0.39 is 15.9 Å². The van der Waals surface area contributed by atoms with E-state index in [4.69, 9.17) is 11.6 Å². The first-order chi connectivity index (χ1) is 15.2. The molecule has 0 unspecified atom stereocenters. The molecule has 0 atom stereocenters. The maximum Gasteiger partial charge on any atom is 0.260 e. The van der Waals surface area contributed by atoms with Crippen LogP contribution < -0.4 is 5.32 Å². The van der Waals surface area contributed by atoms with Crippen molar-refractivity contribution in [2.45, 2.75) is 39.1 Å². The second kappa shape index (κ2) is 9.85. The summed E-state index contributed by atoms with van der Waals surface area (Å²) in [5.41, 5.74) is 3.46. The predicted octanol–water partition coefficient (Wildman–Crippen LogP) is 4.48. The van der Waals surface area contributed by atoms with Gasteiger partial charge in [0.15, 0.2) is 0 Å². The van der Waals surface area contributed by atoms with Crippen LogP contribution in [-0.4, -0.2) is 41.5 Å². The van der Waals surface area contributed by atoms with Gasteiger partial charge in [-0.15, -0.1) is 0 Å². The van der Waals surface area contributed by atoms with Crippen molar-refractivity contribution in [3.8, 4) is 0 Å². The topological polar surface area (TPSA) is 84.3 Å². The molecule has 0 saturated carbocycles. The van der Waals surface area contributed by atoms with Crippen LogP contribution in [0.5, 0.6) is 0 Å². The number of sulfonamides is 1. The highest BCUT2D eigenvalue weighted by molar-refractivity contribution is 7.89. The maximum absolute atomic E-state index is 12.9. The highest BCUT2D eigenvalue weighted by Crippen LogP contribution is 2.24. The van der Waals surface area contributed by atoms with E-state index in [0.717, 1.165) is 11.1 Å². The predicted molar refractivity (Wildman–Crippen MR) is 127 cm³/mol. The highest BCUT2D eigenvalue weighted by Gasteiger charge is 2.23. The van der Waals surface area contributed by atoms with Crippen LogP contribution in [0, 0.1) is 13.8 Å². The smallest absolute Gasteiger partial charge is 0.260 e. The van der Waals surface area contributed by atoms with Crippen LogP contribution in [0.2, 0.25) is 5.15 Å². The molecule has 0 aliphatic carbocycles. The Hall–Kier alpha value is -2.68. The number of nitrogens with one attached hydrogen (secondary N) is 1. The Morgan fingerprint density at radius 3 is 2.19 bits per heavy atom. The molecule has 3 aromatic rings. The van der Waals surface area contributed by atoms with Gasteiger partial charge in [-0.2, -0.15) is 9.40 Å². The van der Waals surface area contributed by atoms with Crippen molar-refractivity contribution in [3.63, 3.8) is 0 Å². The van der Waals surface area contributed by atoms with E-state index in [-0.39, 0.29) is 10.0 Å². The van der Waals surface area contributed by atoms with Crippen molar-refractivity contribution in [3.05, 3.63) is 76.1 Å². The van der Waals surface area contributed by atoms with Gasteiger partial charge in [0.25, 0.3) is 5.91 Å². The first-order valence-electron chi connectivity index (χ1n) is 10.4. The van der Waals surface area contributed by atoms with Crippen molar-refractivity contribution < 1.29 is 13.2 Å². The lowest BCUT2D eigenvalue weighted by atomic mass is 10.1. The van der Waals surface area contributed by atoms with Crippen molar-refractivity contribution in [1.82, 2.24) is 14.1 Å². The molecule has 32 heavy (non-hydrogen) atoms. The molecule has 1 heterocycles. The van der Waals surface area contributed by atoms with Gasteiger partial charge in [-0.05, 0) is 43.7 Å². The standard InChI is InChI=1S/C23H27ClN4O3S/c1-5-27(6-2)32(30,31)20-13-11-19(12-14-20)25-23(29)21-17(4)26-28(22(21)24)15-18-9-7-16(3)8-10-18/h7-14H,5-6,15H2,1-4H3,(H,25,29). The fourth-order valence-corrected chi connectivity index (χ4v) is 5.18. The Kier molecular flexibility index (Phi) is 7.38. The van der Waals surface area contributed by atoms with Crippen LogP contribution in [-0.2, 0) is 16.6 Å². The summed E-state index contributed by atoms with van der Waals surface area (Å²) in [7, 11) is -3.56. The Morgan fingerprint density at radius 1 is 1.03 bits per heavy atom. The molecule has 1 amide bonds. The maximum atomic E-state index is 12.9. The zero-order chi connectivity index (χ0) is 23.5. The number of anilines is 1. The minimum Gasteiger partial charge on any atom is -0.322 e. The minimum absolute atomic E-state index is 0.180. The van der Waals surface area contributed by atoms with Gasteiger partial charge < -0.3 is 5.32 Å². The molecule has 0 saturated heterocycles. The van der Waals surface area contributed by atoms with Gasteiger partial charge in [-0.1, -0.05) is 55.3 Å². The van der Waals surface area contributed by atoms with E-state index in [0.29, 0.717) is 36.6 Å². The van der Waals surface area contributed by atoms with Gasteiger partial charge >= 0.3 is 0 Å². The molecule has 0 spiro atoms. The minimum atomic E-state index is -3.56. The first kappa shape index (κ1) is 24.0. The van der Waals surface area contributed by atoms with Gasteiger partial charge in [-0.3, -0.25) is 4.79 Å². The second-order valence-electron chi connectivity index (χ2n) is 7.46. The van der Waals surface area contributed by atoms with Crippen LogP contribution in [0.4, 0.5) is 5.69 Å². The quantitative estimate of drug-likeness (QED) is 0.521. The number of aryl methyl sites for hydroxylation is 2. The largest absolute Gasteiger partial charge is 0.322 e. The van der Waals surface area contributed by atoms with Gasteiger partial charge in [0, 0.05) is 18.8 Å². The number of hydrogen-bond acceptors (Lipinski definition) is 4. The highest BCUT2D eigenvalue weighted by atomic mass is 35.5. The lowest BCUT2D eigenvalue weighted by Crippen LogP contribution is -2.30. The van der Waals surface area contributed by atoms with E-state index in [2.05, 4.69) is 10.4 Å². The number of carbonyl (C=O) groups excluding carboxylic acids is 1. The Labute approximate surface area is 194 Å². The zero-order valence-electron chi connectivity index (χ0n) is 18.6. The van der Waals surface area contributed by atoms with Gasteiger partial charge in [0.1, 0.15) is 5.15 Å². The van der Waals surface area contributed by atoms with Gasteiger partial charge in [0.2, 0.25) is 10.0 Å². The average Bonchev–Trinajstić information content (AvgIpc) is 3.03. The van der Waals surface area contributed by atoms with Crippen LogP contribution in [0.15, 0.2) is 53.4 Å². The number of amides is 1. The van der Waals surface area contributed by atoms with Crippen LogP contribution in [0.1, 0.15) is 41.0 Å². The third-order valence-corrected chi connectivity index (χ3v) is 7.65. The molecule has 2 aromatic carbocycles. The van der Waals surface area contributed by atoms with Gasteiger partial charge in [0.05, 0.1) is 22.7 Å². The summed E-state index contributed by atoms with van der Waals surface area (Å²) in [4.78, 5) is 13.1. The van der Waals surface area contributed by atoms with Crippen LogP contribution >= 0.6 is 11.6 Å². The molecule has 170 valence electrons. The Morgan fingerprint density at radius 2 is 1.62 bits per heavy atom. The lowest BCUT2D eigenvalue weighted by molar-refractivity contribution is 0.102. The third-order valence-electron chi connectivity index (χ3n) is 5.20. The second-order valence-corrected chi connectivity index (χ2v) is 9.76. The van der Waals surface area contributed by atoms with Crippen molar-refractivity contribution >= 4 is 33.2 Å². The number of carbonyl (C=O) groups is 1. The van der Waals surface area contributed by atoms with Gasteiger partial charge in [-0.25, -0.2) is 13.1 Å². The normalized spacial score (nSPS) is 11.7. The van der Waals surface area contributed by atoms with Crippen molar-refractivity contribution in [1.29, 1.82) is 0 Å². The Bertz CT molecular complexity index is 1200. The molecular formula is C23H27ClN4O3S. The fourth-order valence-electron chi connectivity index (χ4n) is 3.40. The molecular weight excluding hydrogens is 448 g/mol. The molecule has 7 nitrogen and oxygen atoms in total. The molecule has 1 N–H and O–H groups in total. The fraction of sp³-hybridized carbons (Fsp3) is 0.304. The molecule has 0 aliphatic rings. The lowest BCUT2D eigenvalue weighted by Gasteiger charge is -2.18. The summed E-state index contributed by atoms with van der Waals surface area (Å²) in [6.07, 6.45) is 0. The van der Waals surface area contributed by atoms with E-state index in [1.165, 1.54) is 16.4 Å². The summed E-state index contributed by atoms with van der Waals surface area (Å²) in [5.74, 6) is -0.401. The van der Waals surface area contributed by atoms with E-state index >= 15 is 0 Å². The number of benzene rings is 2. The number of hydrogen-bond donors (Lipinski definition) is 1. The number of nitrogens with zero attached hydrogens (tertiary/aromatic N) is 3. The van der Waals surface area contributed by atoms with Crippen molar-refractivity contribution in [2.75, 3.05) is 18.4 Å². The van der Waals surface area contributed by atoms with E-state index in [1.54, 1.807) is 37.6 Å². The molecule has 9 heteroatoms. The third kappa shape index (κ3) is 5.03. The molecule has 0 aliphatic heterocycles. The first-order valence-corrected chi connectivity index (χ1v) is 12.2.